The molecule has 0 aliphatic carbocycles. The van der Waals surface area contributed by atoms with Crippen LogP contribution in [0.3, 0.4) is 0 Å². The Kier molecular flexibility index (Phi) is 4.62. The van der Waals surface area contributed by atoms with E-state index in [9.17, 15) is 4.79 Å². The number of hydrogen-bond acceptors (Lipinski definition) is 1. The van der Waals surface area contributed by atoms with Crippen LogP contribution in [-0.4, -0.2) is 5.91 Å². The van der Waals surface area contributed by atoms with Crippen molar-refractivity contribution >= 4 is 50.1 Å². The van der Waals surface area contributed by atoms with Gasteiger partial charge < -0.3 is 5.32 Å². The van der Waals surface area contributed by atoms with Gasteiger partial charge in [-0.15, -0.1) is 0 Å². The Labute approximate surface area is 134 Å². The van der Waals surface area contributed by atoms with Gasteiger partial charge in [-0.3, -0.25) is 4.79 Å². The van der Waals surface area contributed by atoms with Crippen molar-refractivity contribution in [2.75, 3.05) is 5.32 Å². The van der Waals surface area contributed by atoms with Crippen LogP contribution in [0.4, 0.5) is 5.69 Å². The molecule has 2 aromatic rings. The number of aryl methyl sites for hydroxylation is 2. The van der Waals surface area contributed by atoms with Gasteiger partial charge >= 0.3 is 0 Å². The number of hydrogen-bond donors (Lipinski definition) is 1. The number of halogens is 2. The summed E-state index contributed by atoms with van der Waals surface area (Å²) in [5.41, 5.74) is 3.70. The van der Waals surface area contributed by atoms with Crippen molar-refractivity contribution in [3.8, 4) is 0 Å². The van der Waals surface area contributed by atoms with E-state index in [1.54, 1.807) is 0 Å². The fraction of sp³-hybridized carbons (Fsp3) is 0.133. The molecule has 0 heterocycles. The normalized spacial score (nSPS) is 10.3. The summed E-state index contributed by atoms with van der Waals surface area (Å²) in [5.74, 6) is -0.0856. The summed E-state index contributed by atoms with van der Waals surface area (Å²) in [6, 6.07) is 11.4. The van der Waals surface area contributed by atoms with Crippen LogP contribution in [0.2, 0.25) is 0 Å². The van der Waals surface area contributed by atoms with E-state index in [0.717, 1.165) is 24.9 Å². The molecule has 0 bridgehead atoms. The highest BCUT2D eigenvalue weighted by molar-refractivity contribution is 14.1. The molecule has 0 spiro atoms. The Morgan fingerprint density at radius 2 is 1.63 bits per heavy atom. The molecular weight excluding hydrogens is 417 g/mol. The van der Waals surface area contributed by atoms with Crippen molar-refractivity contribution < 1.29 is 4.79 Å². The van der Waals surface area contributed by atoms with Gasteiger partial charge in [-0.2, -0.15) is 0 Å². The lowest BCUT2D eigenvalue weighted by Crippen LogP contribution is -2.12. The molecule has 0 aliphatic heterocycles. The molecule has 0 unspecified atom stereocenters. The molecule has 0 aromatic heterocycles. The second kappa shape index (κ2) is 6.05. The number of carbonyl (C=O) groups is 1. The summed E-state index contributed by atoms with van der Waals surface area (Å²) < 4.78 is 2.20. The molecular formula is C15H13BrINO. The smallest absolute Gasteiger partial charge is 0.255 e. The third-order valence-corrected chi connectivity index (χ3v) is 4.77. The molecule has 1 N–H and O–H groups in total. The van der Waals surface area contributed by atoms with Crippen LogP contribution in [0.1, 0.15) is 21.5 Å². The maximum Gasteiger partial charge on any atom is 0.255 e. The number of nitrogens with one attached hydrogen (secondary N) is 1. The summed E-state index contributed by atoms with van der Waals surface area (Å²) >= 11 is 5.74. The highest BCUT2D eigenvalue weighted by Crippen LogP contribution is 2.25. The van der Waals surface area contributed by atoms with Crippen molar-refractivity contribution in [3.63, 3.8) is 0 Å². The molecule has 0 radical (unpaired) electrons. The first-order valence-corrected chi connectivity index (χ1v) is 7.68. The molecule has 98 valence electrons. The van der Waals surface area contributed by atoms with E-state index in [4.69, 9.17) is 0 Å². The van der Waals surface area contributed by atoms with Crippen molar-refractivity contribution in [1.29, 1.82) is 0 Å². The quantitative estimate of drug-likeness (QED) is 0.674. The maximum absolute atomic E-state index is 12.1. The second-order valence-corrected chi connectivity index (χ2v) is 6.42. The molecule has 0 aliphatic rings. The fourth-order valence-electron chi connectivity index (χ4n) is 1.82. The average Bonchev–Trinajstić information content (AvgIpc) is 2.36. The third-order valence-electron chi connectivity index (χ3n) is 2.80. The minimum absolute atomic E-state index is 0.0856. The van der Waals surface area contributed by atoms with E-state index in [-0.39, 0.29) is 5.91 Å². The summed E-state index contributed by atoms with van der Waals surface area (Å²) in [6.45, 7) is 4.02. The van der Waals surface area contributed by atoms with Gasteiger partial charge in [0.15, 0.2) is 0 Å². The van der Waals surface area contributed by atoms with Gasteiger partial charge in [-0.05, 0) is 84.0 Å². The largest absolute Gasteiger partial charge is 0.322 e. The number of benzene rings is 2. The summed E-state index contributed by atoms with van der Waals surface area (Å²) in [4.78, 5) is 12.1. The van der Waals surface area contributed by atoms with E-state index in [1.807, 2.05) is 50.2 Å². The van der Waals surface area contributed by atoms with Gasteiger partial charge in [0.05, 0.1) is 0 Å². The number of carbonyl (C=O) groups excluding carboxylic acids is 1. The minimum Gasteiger partial charge on any atom is -0.322 e. The highest BCUT2D eigenvalue weighted by atomic mass is 127. The number of rotatable bonds is 2. The molecule has 1 amide bonds. The third kappa shape index (κ3) is 3.57. The average molecular weight is 430 g/mol. The predicted molar refractivity (Wildman–Crippen MR) is 90.7 cm³/mol. The van der Waals surface area contributed by atoms with Crippen molar-refractivity contribution in [2.45, 2.75) is 13.8 Å². The van der Waals surface area contributed by atoms with E-state index in [2.05, 4.69) is 43.8 Å². The number of anilines is 1. The van der Waals surface area contributed by atoms with Crippen LogP contribution < -0.4 is 5.32 Å². The first kappa shape index (κ1) is 14.5. The molecule has 0 saturated carbocycles. The molecule has 2 nitrogen and oxygen atoms in total. The van der Waals surface area contributed by atoms with E-state index >= 15 is 0 Å². The van der Waals surface area contributed by atoms with Crippen molar-refractivity contribution in [2.24, 2.45) is 0 Å². The fourth-order valence-corrected chi connectivity index (χ4v) is 2.41. The summed E-state index contributed by atoms with van der Waals surface area (Å²) in [6.07, 6.45) is 0. The van der Waals surface area contributed by atoms with Crippen molar-refractivity contribution in [3.05, 3.63) is 61.1 Å². The standard InChI is InChI=1S/C15H13BrINO/c1-9-7-13(8-10(2)14(9)16)18-15(19)11-3-5-12(17)6-4-11/h3-8H,1-2H3,(H,18,19). The van der Waals surface area contributed by atoms with E-state index in [0.29, 0.717) is 5.56 Å². The molecule has 2 aromatic carbocycles. The highest BCUT2D eigenvalue weighted by Gasteiger charge is 2.08. The zero-order chi connectivity index (χ0) is 14.0. The Bertz CT molecular complexity index is 600. The molecule has 0 atom stereocenters. The summed E-state index contributed by atoms with van der Waals surface area (Å²) in [7, 11) is 0. The van der Waals surface area contributed by atoms with Crippen LogP contribution in [0.25, 0.3) is 0 Å². The topological polar surface area (TPSA) is 29.1 Å². The van der Waals surface area contributed by atoms with Crippen LogP contribution >= 0.6 is 38.5 Å². The predicted octanol–water partition coefficient (Wildman–Crippen LogP) is 4.92. The zero-order valence-electron chi connectivity index (χ0n) is 10.6. The lowest BCUT2D eigenvalue weighted by molar-refractivity contribution is 0.102. The van der Waals surface area contributed by atoms with Crippen LogP contribution in [0, 0.1) is 17.4 Å². The summed E-state index contributed by atoms with van der Waals surface area (Å²) in [5, 5.41) is 2.92. The van der Waals surface area contributed by atoms with Gasteiger partial charge in [0, 0.05) is 19.3 Å². The molecule has 0 fully saturated rings. The Morgan fingerprint density at radius 3 is 2.16 bits per heavy atom. The van der Waals surface area contributed by atoms with Gasteiger partial charge in [0.25, 0.3) is 5.91 Å². The lowest BCUT2D eigenvalue weighted by Gasteiger charge is -2.09. The van der Waals surface area contributed by atoms with Gasteiger partial charge in [-0.25, -0.2) is 0 Å². The Morgan fingerprint density at radius 1 is 1.11 bits per heavy atom. The SMILES string of the molecule is Cc1cc(NC(=O)c2ccc(I)cc2)cc(C)c1Br. The molecule has 0 saturated heterocycles. The van der Waals surface area contributed by atoms with Gasteiger partial charge in [0.2, 0.25) is 0 Å². The lowest BCUT2D eigenvalue weighted by atomic mass is 10.1. The molecule has 4 heteroatoms. The van der Waals surface area contributed by atoms with E-state index < -0.39 is 0 Å². The zero-order valence-corrected chi connectivity index (χ0v) is 14.4. The molecule has 19 heavy (non-hydrogen) atoms. The van der Waals surface area contributed by atoms with Gasteiger partial charge in [0.1, 0.15) is 0 Å². The first-order chi connectivity index (χ1) is 8.97. The number of amides is 1. The Hall–Kier alpha value is -0.880. The second-order valence-electron chi connectivity index (χ2n) is 4.39. The van der Waals surface area contributed by atoms with E-state index in [1.165, 1.54) is 0 Å². The minimum atomic E-state index is -0.0856. The van der Waals surface area contributed by atoms with Crippen molar-refractivity contribution in [1.82, 2.24) is 0 Å². The monoisotopic (exact) mass is 429 g/mol. The van der Waals surface area contributed by atoms with Crippen LogP contribution in [0.15, 0.2) is 40.9 Å². The first-order valence-electron chi connectivity index (χ1n) is 5.81. The van der Waals surface area contributed by atoms with Gasteiger partial charge in [-0.1, -0.05) is 15.9 Å². The Balaban J connectivity index is 2.22. The van der Waals surface area contributed by atoms with Crippen LogP contribution in [0.5, 0.6) is 0 Å². The molecule has 2 rings (SSSR count). The maximum atomic E-state index is 12.1. The van der Waals surface area contributed by atoms with Crippen LogP contribution in [-0.2, 0) is 0 Å².